The van der Waals surface area contributed by atoms with Crippen molar-refractivity contribution in [1.82, 2.24) is 4.98 Å². The molecule has 1 aromatic carbocycles. The van der Waals surface area contributed by atoms with E-state index in [1.165, 1.54) is 24.4 Å². The topological polar surface area (TPSA) is 53.4 Å². The van der Waals surface area contributed by atoms with Gasteiger partial charge in [-0.05, 0) is 36.2 Å². The second kappa shape index (κ2) is 6.06. The minimum Gasteiger partial charge on any atom is -0.478 e. The molecule has 0 radical (unpaired) electrons. The summed E-state index contributed by atoms with van der Waals surface area (Å²) in [6.45, 7) is 3.33. The zero-order valence-electron chi connectivity index (χ0n) is 13.5. The monoisotopic (exact) mass is 350 g/mol. The van der Waals surface area contributed by atoms with Crippen LogP contribution in [0.15, 0.2) is 42.6 Å². The molecule has 1 fully saturated rings. The van der Waals surface area contributed by atoms with Gasteiger partial charge in [0.25, 0.3) is 0 Å². The van der Waals surface area contributed by atoms with Crippen LogP contribution in [0, 0.1) is 0 Å². The smallest absolute Gasteiger partial charge is 0.416 e. The number of carbonyl (C=O) groups is 1. The van der Waals surface area contributed by atoms with E-state index in [-0.39, 0.29) is 11.0 Å². The number of hydrogen-bond acceptors (Lipinski definition) is 3. The number of carboxylic acids is 1. The number of carboxylic acid groups (broad SMARTS) is 1. The molecule has 1 N–H and O–H groups in total. The van der Waals surface area contributed by atoms with Crippen molar-refractivity contribution < 1.29 is 23.1 Å². The lowest BCUT2D eigenvalue weighted by Crippen LogP contribution is -2.28. The van der Waals surface area contributed by atoms with Crippen LogP contribution in [-0.4, -0.2) is 29.1 Å². The van der Waals surface area contributed by atoms with Crippen LogP contribution >= 0.6 is 0 Å². The van der Waals surface area contributed by atoms with Gasteiger partial charge in [0.2, 0.25) is 0 Å². The highest BCUT2D eigenvalue weighted by molar-refractivity contribution is 5.87. The number of nitrogens with zero attached hydrogens (tertiary/aromatic N) is 2. The van der Waals surface area contributed by atoms with Gasteiger partial charge in [-0.3, -0.25) is 0 Å². The predicted octanol–water partition coefficient (Wildman–Crippen LogP) is 3.97. The number of alkyl halides is 3. The number of anilines is 1. The van der Waals surface area contributed by atoms with Crippen molar-refractivity contribution in [2.45, 2.75) is 24.9 Å². The van der Waals surface area contributed by atoms with Crippen LogP contribution in [-0.2, 0) is 11.6 Å². The van der Waals surface area contributed by atoms with Crippen molar-refractivity contribution in [2.24, 2.45) is 0 Å². The average Bonchev–Trinajstić information content (AvgIpc) is 2.98. The second-order valence-corrected chi connectivity index (χ2v) is 6.52. The van der Waals surface area contributed by atoms with E-state index in [1.807, 2.05) is 11.8 Å². The quantitative estimate of drug-likeness (QED) is 0.910. The Kier molecular flexibility index (Phi) is 4.18. The van der Waals surface area contributed by atoms with E-state index in [0.717, 1.165) is 24.1 Å². The van der Waals surface area contributed by atoms with Crippen LogP contribution in [0.2, 0.25) is 0 Å². The molecule has 0 aliphatic carbocycles. The number of aromatic nitrogens is 1. The summed E-state index contributed by atoms with van der Waals surface area (Å²) >= 11 is 0. The molecule has 0 saturated carbocycles. The SMILES string of the molecule is CC1(c2ccc(C(F)(F)F)cc2)CCN(c2ccc(C(=O)O)cn2)C1. The fourth-order valence-corrected chi connectivity index (χ4v) is 3.15. The number of halogens is 3. The molecule has 25 heavy (non-hydrogen) atoms. The van der Waals surface area contributed by atoms with Crippen LogP contribution in [0.1, 0.15) is 34.8 Å². The third-order valence-electron chi connectivity index (χ3n) is 4.70. The summed E-state index contributed by atoms with van der Waals surface area (Å²) in [4.78, 5) is 17.1. The average molecular weight is 350 g/mol. The molecule has 1 aliphatic rings. The fourth-order valence-electron chi connectivity index (χ4n) is 3.15. The first-order valence-corrected chi connectivity index (χ1v) is 7.81. The molecule has 1 atom stereocenters. The highest BCUT2D eigenvalue weighted by Gasteiger charge is 2.37. The Balaban J connectivity index is 1.77. The predicted molar refractivity (Wildman–Crippen MR) is 86.8 cm³/mol. The molecule has 1 saturated heterocycles. The number of hydrogen-bond donors (Lipinski definition) is 1. The van der Waals surface area contributed by atoms with Crippen LogP contribution in [0.4, 0.5) is 19.0 Å². The Morgan fingerprint density at radius 1 is 1.20 bits per heavy atom. The molecule has 0 spiro atoms. The Labute approximate surface area is 142 Å². The molecule has 4 nitrogen and oxygen atoms in total. The molecule has 7 heteroatoms. The molecule has 1 aliphatic heterocycles. The summed E-state index contributed by atoms with van der Waals surface area (Å²) in [5.41, 5.74) is 0.0383. The first kappa shape index (κ1) is 17.3. The maximum Gasteiger partial charge on any atom is 0.416 e. The third kappa shape index (κ3) is 3.45. The van der Waals surface area contributed by atoms with Gasteiger partial charge in [0.05, 0.1) is 11.1 Å². The number of benzene rings is 1. The van der Waals surface area contributed by atoms with Gasteiger partial charge in [-0.25, -0.2) is 9.78 Å². The molecule has 2 heterocycles. The lowest BCUT2D eigenvalue weighted by Gasteiger charge is -2.26. The molecule has 2 aromatic rings. The highest BCUT2D eigenvalue weighted by Crippen LogP contribution is 2.37. The fraction of sp³-hybridized carbons (Fsp3) is 0.333. The molecule has 3 rings (SSSR count). The van der Waals surface area contributed by atoms with Gasteiger partial charge in [-0.15, -0.1) is 0 Å². The van der Waals surface area contributed by atoms with Gasteiger partial charge in [0, 0.05) is 24.7 Å². The third-order valence-corrected chi connectivity index (χ3v) is 4.70. The van der Waals surface area contributed by atoms with Gasteiger partial charge in [0.15, 0.2) is 0 Å². The van der Waals surface area contributed by atoms with E-state index in [9.17, 15) is 18.0 Å². The van der Waals surface area contributed by atoms with Gasteiger partial charge in [-0.2, -0.15) is 13.2 Å². The summed E-state index contributed by atoms with van der Waals surface area (Å²) < 4.78 is 38.1. The standard InChI is InChI=1S/C18H17F3N2O2/c1-17(13-3-5-14(6-4-13)18(19,20)21)8-9-23(11-17)15-7-2-12(10-22-15)16(24)25/h2-7,10H,8-9,11H2,1H3,(H,24,25). The first-order valence-electron chi connectivity index (χ1n) is 7.81. The summed E-state index contributed by atoms with van der Waals surface area (Å²) in [5.74, 6) is -0.365. The number of aromatic carboxylic acids is 1. The zero-order valence-corrected chi connectivity index (χ0v) is 13.5. The Morgan fingerprint density at radius 3 is 2.40 bits per heavy atom. The van der Waals surface area contributed by atoms with E-state index < -0.39 is 17.7 Å². The van der Waals surface area contributed by atoms with Crippen molar-refractivity contribution in [3.8, 4) is 0 Å². The molecular formula is C18H17F3N2O2. The number of pyridine rings is 1. The first-order chi connectivity index (χ1) is 11.7. The summed E-state index contributed by atoms with van der Waals surface area (Å²) in [6, 6.07) is 8.45. The normalized spacial score (nSPS) is 20.7. The summed E-state index contributed by atoms with van der Waals surface area (Å²) in [5, 5.41) is 8.92. The van der Waals surface area contributed by atoms with E-state index in [0.29, 0.717) is 18.9 Å². The Bertz CT molecular complexity index is 772. The van der Waals surface area contributed by atoms with Crippen molar-refractivity contribution in [3.63, 3.8) is 0 Å². The summed E-state index contributed by atoms with van der Waals surface area (Å²) in [7, 11) is 0. The molecule has 1 aromatic heterocycles. The molecule has 0 bridgehead atoms. The lowest BCUT2D eigenvalue weighted by atomic mass is 9.81. The van der Waals surface area contributed by atoms with E-state index >= 15 is 0 Å². The van der Waals surface area contributed by atoms with Crippen molar-refractivity contribution >= 4 is 11.8 Å². The van der Waals surface area contributed by atoms with E-state index in [4.69, 9.17) is 5.11 Å². The second-order valence-electron chi connectivity index (χ2n) is 6.52. The van der Waals surface area contributed by atoms with Gasteiger partial charge < -0.3 is 10.0 Å². The molecule has 0 amide bonds. The molecule has 132 valence electrons. The number of rotatable bonds is 3. The lowest BCUT2D eigenvalue weighted by molar-refractivity contribution is -0.137. The van der Waals surface area contributed by atoms with Crippen LogP contribution < -0.4 is 4.90 Å². The maximum atomic E-state index is 12.7. The van der Waals surface area contributed by atoms with Gasteiger partial charge in [-0.1, -0.05) is 19.1 Å². The van der Waals surface area contributed by atoms with Gasteiger partial charge >= 0.3 is 12.1 Å². The minimum absolute atomic E-state index is 0.119. The van der Waals surface area contributed by atoms with E-state index in [1.54, 1.807) is 6.07 Å². The minimum atomic E-state index is -4.34. The van der Waals surface area contributed by atoms with Gasteiger partial charge in [0.1, 0.15) is 5.82 Å². The van der Waals surface area contributed by atoms with Crippen LogP contribution in [0.5, 0.6) is 0 Å². The summed E-state index contributed by atoms with van der Waals surface area (Å²) in [6.07, 6.45) is -2.25. The van der Waals surface area contributed by atoms with Crippen LogP contribution in [0.3, 0.4) is 0 Å². The van der Waals surface area contributed by atoms with Crippen LogP contribution in [0.25, 0.3) is 0 Å². The Hall–Kier alpha value is -2.57. The maximum absolute atomic E-state index is 12.7. The largest absolute Gasteiger partial charge is 0.478 e. The Morgan fingerprint density at radius 2 is 1.88 bits per heavy atom. The van der Waals surface area contributed by atoms with Crippen molar-refractivity contribution in [1.29, 1.82) is 0 Å². The zero-order chi connectivity index (χ0) is 18.2. The molecule has 1 unspecified atom stereocenters. The van der Waals surface area contributed by atoms with Crippen molar-refractivity contribution in [2.75, 3.05) is 18.0 Å². The van der Waals surface area contributed by atoms with Crippen molar-refractivity contribution in [3.05, 3.63) is 59.3 Å². The van der Waals surface area contributed by atoms with E-state index in [2.05, 4.69) is 4.98 Å². The highest BCUT2D eigenvalue weighted by atomic mass is 19.4. The molecular weight excluding hydrogens is 333 g/mol.